The summed E-state index contributed by atoms with van der Waals surface area (Å²) in [6, 6.07) is 11.6. The van der Waals surface area contributed by atoms with Crippen LogP contribution in [0.2, 0.25) is 0 Å². The Bertz CT molecular complexity index is 931. The highest BCUT2D eigenvalue weighted by Gasteiger charge is 2.14. The van der Waals surface area contributed by atoms with Gasteiger partial charge in [-0.1, -0.05) is 23.5 Å². The lowest BCUT2D eigenvalue weighted by molar-refractivity contribution is 0.415. The number of benzene rings is 1. The number of nitrogens with zero attached hydrogens (tertiary/aromatic N) is 5. The van der Waals surface area contributed by atoms with E-state index in [0.717, 1.165) is 26.8 Å². The first kappa shape index (κ1) is 12.9. The Kier molecular flexibility index (Phi) is 3.05. The van der Waals surface area contributed by atoms with Crippen molar-refractivity contribution >= 4 is 16.3 Å². The number of aromatic nitrogens is 5. The average Bonchev–Trinajstić information content (AvgIpc) is 3.16. The van der Waals surface area contributed by atoms with Gasteiger partial charge in [-0.05, 0) is 24.3 Å². The van der Waals surface area contributed by atoms with Crippen molar-refractivity contribution in [3.05, 3.63) is 48.8 Å². The summed E-state index contributed by atoms with van der Waals surface area (Å²) < 4.78 is 7.02. The zero-order chi connectivity index (χ0) is 14.9. The second-order valence-corrected chi connectivity index (χ2v) is 5.55. The van der Waals surface area contributed by atoms with Gasteiger partial charge in [0.1, 0.15) is 10.8 Å². The molecule has 0 amide bonds. The van der Waals surface area contributed by atoms with E-state index in [2.05, 4.69) is 20.3 Å². The minimum atomic E-state index is 0.699. The molecule has 4 rings (SSSR count). The zero-order valence-electron chi connectivity index (χ0n) is 11.7. The van der Waals surface area contributed by atoms with Gasteiger partial charge in [0.15, 0.2) is 5.82 Å². The van der Waals surface area contributed by atoms with Gasteiger partial charge in [-0.2, -0.15) is 9.61 Å². The summed E-state index contributed by atoms with van der Waals surface area (Å²) >= 11 is 1.50. The first-order valence-corrected chi connectivity index (χ1v) is 7.44. The first-order valence-electron chi connectivity index (χ1n) is 6.62. The number of ether oxygens (including phenoxy) is 1. The van der Waals surface area contributed by atoms with Crippen LogP contribution < -0.4 is 4.74 Å². The van der Waals surface area contributed by atoms with Crippen LogP contribution in [0.1, 0.15) is 0 Å². The Morgan fingerprint density at radius 1 is 1.05 bits per heavy atom. The number of hydrogen-bond donors (Lipinski definition) is 0. The fourth-order valence-corrected chi connectivity index (χ4v) is 3.02. The fraction of sp³-hybridized carbons (Fsp3) is 0.0667. The Morgan fingerprint density at radius 3 is 2.73 bits per heavy atom. The number of rotatable bonds is 3. The molecule has 0 bridgehead atoms. The fourth-order valence-electron chi connectivity index (χ4n) is 2.17. The maximum Gasteiger partial charge on any atom is 0.235 e. The first-order chi connectivity index (χ1) is 10.8. The summed E-state index contributed by atoms with van der Waals surface area (Å²) in [5.74, 6) is 1.48. The average molecular weight is 309 g/mol. The van der Waals surface area contributed by atoms with Gasteiger partial charge in [-0.3, -0.25) is 4.98 Å². The summed E-state index contributed by atoms with van der Waals surface area (Å²) in [5.41, 5.74) is 1.93. The van der Waals surface area contributed by atoms with Crippen LogP contribution in [0.4, 0.5) is 0 Å². The third kappa shape index (κ3) is 2.11. The lowest BCUT2D eigenvalue weighted by Crippen LogP contribution is -1.92. The van der Waals surface area contributed by atoms with E-state index in [0.29, 0.717) is 5.82 Å². The summed E-state index contributed by atoms with van der Waals surface area (Å²) in [5, 5.41) is 13.9. The van der Waals surface area contributed by atoms with Crippen LogP contribution >= 0.6 is 11.3 Å². The molecule has 0 aliphatic rings. The van der Waals surface area contributed by atoms with Crippen LogP contribution in [0.5, 0.6) is 5.75 Å². The Labute approximate surface area is 130 Å². The lowest BCUT2D eigenvalue weighted by Gasteiger charge is -2.01. The molecule has 0 N–H and O–H groups in total. The molecule has 0 aliphatic heterocycles. The summed E-state index contributed by atoms with van der Waals surface area (Å²) in [6.07, 6.45) is 3.50. The van der Waals surface area contributed by atoms with Crippen molar-refractivity contribution < 1.29 is 4.74 Å². The third-order valence-electron chi connectivity index (χ3n) is 3.25. The van der Waals surface area contributed by atoms with Gasteiger partial charge < -0.3 is 4.74 Å². The molecule has 0 saturated carbocycles. The molecule has 7 heteroatoms. The van der Waals surface area contributed by atoms with Crippen LogP contribution in [0.3, 0.4) is 0 Å². The van der Waals surface area contributed by atoms with Gasteiger partial charge in [0.05, 0.1) is 7.11 Å². The molecular formula is C15H11N5OS. The highest BCUT2D eigenvalue weighted by atomic mass is 32.1. The smallest absolute Gasteiger partial charge is 0.235 e. The molecule has 6 nitrogen and oxygen atoms in total. The van der Waals surface area contributed by atoms with Gasteiger partial charge in [0.2, 0.25) is 4.96 Å². The number of pyridine rings is 1. The molecule has 0 radical (unpaired) electrons. The zero-order valence-corrected chi connectivity index (χ0v) is 12.5. The molecule has 0 atom stereocenters. The molecule has 3 heterocycles. The Morgan fingerprint density at radius 2 is 1.91 bits per heavy atom. The van der Waals surface area contributed by atoms with E-state index in [9.17, 15) is 0 Å². The predicted octanol–water partition coefficient (Wildman–Crippen LogP) is 2.92. The number of methoxy groups -OCH3 is 1. The molecule has 3 aromatic heterocycles. The van der Waals surface area contributed by atoms with E-state index in [4.69, 9.17) is 4.74 Å². The molecule has 108 valence electrons. The molecule has 0 saturated heterocycles. The predicted molar refractivity (Wildman–Crippen MR) is 83.9 cm³/mol. The SMILES string of the molecule is COc1cccc(-c2nnc3sc(-c4ccncc4)nn23)c1. The van der Waals surface area contributed by atoms with E-state index in [1.165, 1.54) is 11.3 Å². The maximum absolute atomic E-state index is 5.26. The molecule has 1 aromatic carbocycles. The van der Waals surface area contributed by atoms with Crippen molar-refractivity contribution in [1.29, 1.82) is 0 Å². The lowest BCUT2D eigenvalue weighted by atomic mass is 10.2. The van der Waals surface area contributed by atoms with Crippen molar-refractivity contribution in [2.24, 2.45) is 0 Å². The molecule has 0 fully saturated rings. The topological polar surface area (TPSA) is 65.2 Å². The molecular weight excluding hydrogens is 298 g/mol. The largest absolute Gasteiger partial charge is 0.497 e. The minimum absolute atomic E-state index is 0.699. The van der Waals surface area contributed by atoms with E-state index in [1.54, 1.807) is 24.0 Å². The second kappa shape index (κ2) is 5.19. The van der Waals surface area contributed by atoms with Crippen LogP contribution in [0.15, 0.2) is 48.8 Å². The summed E-state index contributed by atoms with van der Waals surface area (Å²) in [6.45, 7) is 0. The van der Waals surface area contributed by atoms with Crippen molar-refractivity contribution in [2.75, 3.05) is 7.11 Å². The van der Waals surface area contributed by atoms with Crippen molar-refractivity contribution in [3.8, 4) is 27.7 Å². The highest BCUT2D eigenvalue weighted by molar-refractivity contribution is 7.19. The molecule has 4 aromatic rings. The van der Waals surface area contributed by atoms with E-state index in [-0.39, 0.29) is 0 Å². The highest BCUT2D eigenvalue weighted by Crippen LogP contribution is 2.28. The Hall–Kier alpha value is -2.80. The van der Waals surface area contributed by atoms with Crippen LogP contribution in [0, 0.1) is 0 Å². The maximum atomic E-state index is 5.26. The monoisotopic (exact) mass is 309 g/mol. The molecule has 0 spiro atoms. The van der Waals surface area contributed by atoms with Crippen molar-refractivity contribution in [3.63, 3.8) is 0 Å². The Balaban J connectivity index is 1.84. The van der Waals surface area contributed by atoms with Crippen LogP contribution in [-0.4, -0.2) is 31.9 Å². The van der Waals surface area contributed by atoms with Crippen LogP contribution in [-0.2, 0) is 0 Å². The summed E-state index contributed by atoms with van der Waals surface area (Å²) in [4.78, 5) is 4.78. The van der Waals surface area contributed by atoms with E-state index < -0.39 is 0 Å². The minimum Gasteiger partial charge on any atom is -0.497 e. The molecule has 0 aliphatic carbocycles. The van der Waals surface area contributed by atoms with Gasteiger partial charge in [-0.25, -0.2) is 0 Å². The van der Waals surface area contributed by atoms with Crippen LogP contribution in [0.25, 0.3) is 26.9 Å². The van der Waals surface area contributed by atoms with Gasteiger partial charge in [-0.15, -0.1) is 10.2 Å². The van der Waals surface area contributed by atoms with Gasteiger partial charge in [0.25, 0.3) is 0 Å². The normalized spacial score (nSPS) is 11.0. The number of fused-ring (bicyclic) bond motifs is 1. The standard InChI is InChI=1S/C15H11N5OS/c1-21-12-4-2-3-11(9-12)13-17-18-15-20(13)19-14(22-15)10-5-7-16-8-6-10/h2-9H,1H3. The van der Waals surface area contributed by atoms with Gasteiger partial charge >= 0.3 is 0 Å². The quantitative estimate of drug-likeness (QED) is 0.582. The van der Waals surface area contributed by atoms with E-state index in [1.807, 2.05) is 36.4 Å². The summed E-state index contributed by atoms with van der Waals surface area (Å²) in [7, 11) is 1.64. The van der Waals surface area contributed by atoms with E-state index >= 15 is 0 Å². The number of hydrogen-bond acceptors (Lipinski definition) is 6. The molecule has 22 heavy (non-hydrogen) atoms. The second-order valence-electron chi connectivity index (χ2n) is 4.59. The van der Waals surface area contributed by atoms with Crippen molar-refractivity contribution in [2.45, 2.75) is 0 Å². The molecule has 0 unspecified atom stereocenters. The third-order valence-corrected chi connectivity index (χ3v) is 4.19. The van der Waals surface area contributed by atoms with Crippen molar-refractivity contribution in [1.82, 2.24) is 24.8 Å². The van der Waals surface area contributed by atoms with Gasteiger partial charge in [0, 0.05) is 23.5 Å².